The van der Waals surface area contributed by atoms with Gasteiger partial charge < -0.3 is 10.6 Å². The Bertz CT molecular complexity index is 573. The Morgan fingerprint density at radius 3 is 2.57 bits per heavy atom. The minimum atomic E-state index is 0.212. The highest BCUT2D eigenvalue weighted by molar-refractivity contribution is 5.77. The predicted octanol–water partition coefficient (Wildman–Crippen LogP) is 2.80. The lowest BCUT2D eigenvalue weighted by Crippen LogP contribution is -2.27. The largest absolute Gasteiger partial charge is 0.388 e. The van der Waals surface area contributed by atoms with Crippen LogP contribution in [0.15, 0.2) is 42.6 Å². The van der Waals surface area contributed by atoms with Gasteiger partial charge in [0.05, 0.1) is 18.1 Å². The van der Waals surface area contributed by atoms with Crippen molar-refractivity contribution in [3.8, 4) is 0 Å². The van der Waals surface area contributed by atoms with Gasteiger partial charge in [-0.25, -0.2) is 0 Å². The molecule has 2 rings (SSSR count). The van der Waals surface area contributed by atoms with Crippen LogP contribution in [0.25, 0.3) is 0 Å². The van der Waals surface area contributed by atoms with Crippen LogP contribution in [0.1, 0.15) is 32.0 Å². The number of amidine groups is 1. The first-order valence-electron chi connectivity index (χ1n) is 7.23. The van der Waals surface area contributed by atoms with Crippen LogP contribution in [0, 0.1) is 5.41 Å². The third-order valence-electron chi connectivity index (χ3n) is 3.32. The molecule has 0 amide bonds. The fourth-order valence-electron chi connectivity index (χ4n) is 2.14. The number of nitrogens with one attached hydrogen (secondary N) is 1. The second kappa shape index (κ2) is 6.92. The maximum atomic E-state index is 7.42. The number of aromatic nitrogens is 2. The van der Waals surface area contributed by atoms with E-state index in [1.165, 1.54) is 0 Å². The molecule has 0 saturated carbocycles. The molecule has 0 unspecified atom stereocenters. The monoisotopic (exact) mass is 285 g/mol. The zero-order valence-electron chi connectivity index (χ0n) is 12.7. The molecule has 0 fully saturated rings. The molecule has 0 atom stereocenters. The summed E-state index contributed by atoms with van der Waals surface area (Å²) in [6.07, 6.45) is 2.56. The van der Waals surface area contributed by atoms with Crippen LogP contribution in [-0.2, 0) is 6.54 Å². The third-order valence-corrected chi connectivity index (χ3v) is 3.32. The average Bonchev–Trinajstić information content (AvgIpc) is 2.93. The van der Waals surface area contributed by atoms with Crippen LogP contribution < -0.4 is 10.6 Å². The zero-order chi connectivity index (χ0) is 15.2. The first-order valence-corrected chi connectivity index (χ1v) is 7.23. The van der Waals surface area contributed by atoms with Gasteiger partial charge in [-0.1, -0.05) is 18.2 Å². The predicted molar refractivity (Wildman–Crippen MR) is 86.6 cm³/mol. The zero-order valence-corrected chi connectivity index (χ0v) is 12.7. The summed E-state index contributed by atoms with van der Waals surface area (Å²) in [5.41, 5.74) is 7.64. The summed E-state index contributed by atoms with van der Waals surface area (Å²) < 4.78 is 1.96. The summed E-state index contributed by atoms with van der Waals surface area (Å²) in [6, 6.07) is 12.6. The van der Waals surface area contributed by atoms with Crippen molar-refractivity contribution in [2.24, 2.45) is 5.73 Å². The number of hydrogen-bond donors (Lipinski definition) is 2. The van der Waals surface area contributed by atoms with Gasteiger partial charge in [-0.3, -0.25) is 10.1 Å². The summed E-state index contributed by atoms with van der Waals surface area (Å²) in [5, 5.41) is 12.0. The van der Waals surface area contributed by atoms with Crippen molar-refractivity contribution in [3.63, 3.8) is 0 Å². The molecule has 0 aliphatic carbocycles. The van der Waals surface area contributed by atoms with Gasteiger partial charge >= 0.3 is 0 Å². The molecule has 0 saturated heterocycles. The van der Waals surface area contributed by atoms with E-state index in [1.807, 2.05) is 35.1 Å². The summed E-state index contributed by atoms with van der Waals surface area (Å²) in [4.78, 5) is 2.20. The van der Waals surface area contributed by atoms with Gasteiger partial charge in [-0.2, -0.15) is 5.10 Å². The number of benzene rings is 1. The highest BCUT2D eigenvalue weighted by Gasteiger charge is 2.10. The Kier molecular flexibility index (Phi) is 4.98. The normalized spacial score (nSPS) is 10.8. The molecule has 1 heterocycles. The van der Waals surface area contributed by atoms with Gasteiger partial charge in [0, 0.05) is 30.9 Å². The van der Waals surface area contributed by atoms with Crippen LogP contribution in [-0.4, -0.2) is 22.2 Å². The fourth-order valence-corrected chi connectivity index (χ4v) is 2.14. The van der Waals surface area contributed by atoms with Crippen LogP contribution in [0.2, 0.25) is 0 Å². The van der Waals surface area contributed by atoms with E-state index in [4.69, 9.17) is 11.1 Å². The molecule has 0 spiro atoms. The summed E-state index contributed by atoms with van der Waals surface area (Å²) in [5.74, 6) is 0.212. The highest BCUT2D eigenvalue weighted by Crippen LogP contribution is 2.17. The summed E-state index contributed by atoms with van der Waals surface area (Å²) in [6.45, 7) is 5.66. The van der Waals surface area contributed by atoms with E-state index in [1.54, 1.807) is 0 Å². The highest BCUT2D eigenvalue weighted by atomic mass is 15.3. The molecule has 112 valence electrons. The van der Waals surface area contributed by atoms with Gasteiger partial charge in [-0.05, 0) is 32.0 Å². The Morgan fingerprint density at radius 1 is 1.29 bits per heavy atom. The lowest BCUT2D eigenvalue weighted by Gasteiger charge is -2.23. The SMILES string of the molecule is CC(C)n1ccc(CN(CCC(=N)N)c2ccccc2)n1. The molecule has 5 nitrogen and oxygen atoms in total. The maximum absolute atomic E-state index is 7.42. The number of hydrogen-bond acceptors (Lipinski definition) is 3. The van der Waals surface area contributed by atoms with Crippen molar-refractivity contribution in [1.29, 1.82) is 5.41 Å². The van der Waals surface area contributed by atoms with Crippen molar-refractivity contribution < 1.29 is 0 Å². The van der Waals surface area contributed by atoms with Gasteiger partial charge in [0.2, 0.25) is 0 Å². The van der Waals surface area contributed by atoms with Crippen LogP contribution >= 0.6 is 0 Å². The smallest absolute Gasteiger partial charge is 0.0923 e. The van der Waals surface area contributed by atoms with Crippen LogP contribution in [0.3, 0.4) is 0 Å². The maximum Gasteiger partial charge on any atom is 0.0923 e. The number of nitrogens with two attached hydrogens (primary N) is 1. The molecule has 3 N–H and O–H groups in total. The molecule has 21 heavy (non-hydrogen) atoms. The topological polar surface area (TPSA) is 70.9 Å². The Hall–Kier alpha value is -2.30. The van der Waals surface area contributed by atoms with Gasteiger partial charge in [-0.15, -0.1) is 0 Å². The first kappa shape index (κ1) is 15.1. The van der Waals surface area contributed by atoms with E-state index in [0.717, 1.165) is 17.9 Å². The Morgan fingerprint density at radius 2 is 2.00 bits per heavy atom. The standard InChI is InChI=1S/C16H23N5/c1-13(2)21-11-8-14(19-21)12-20(10-9-16(17)18)15-6-4-3-5-7-15/h3-8,11,13H,9-10,12H2,1-2H3,(H3,17,18). The molecule has 1 aromatic carbocycles. The minimum absolute atomic E-state index is 0.212. The lowest BCUT2D eigenvalue weighted by molar-refractivity contribution is 0.525. The molecule has 0 bridgehead atoms. The Labute approximate surface area is 125 Å². The van der Waals surface area contributed by atoms with E-state index in [9.17, 15) is 0 Å². The molecule has 5 heteroatoms. The van der Waals surface area contributed by atoms with Gasteiger partial charge in [0.1, 0.15) is 0 Å². The van der Waals surface area contributed by atoms with Crippen molar-refractivity contribution in [3.05, 3.63) is 48.3 Å². The molecular weight excluding hydrogens is 262 g/mol. The molecule has 0 radical (unpaired) electrons. The van der Waals surface area contributed by atoms with Crippen molar-refractivity contribution in [2.45, 2.75) is 32.9 Å². The van der Waals surface area contributed by atoms with E-state index >= 15 is 0 Å². The average molecular weight is 285 g/mol. The first-order chi connectivity index (χ1) is 10.1. The second-order valence-corrected chi connectivity index (χ2v) is 5.41. The van der Waals surface area contributed by atoms with Gasteiger partial charge in [0.15, 0.2) is 0 Å². The molecular formula is C16H23N5. The second-order valence-electron chi connectivity index (χ2n) is 5.41. The molecule has 0 aliphatic rings. The summed E-state index contributed by atoms with van der Waals surface area (Å²) >= 11 is 0. The van der Waals surface area contributed by atoms with E-state index in [0.29, 0.717) is 19.0 Å². The third kappa shape index (κ3) is 4.34. The van der Waals surface area contributed by atoms with E-state index in [2.05, 4.69) is 36.0 Å². The van der Waals surface area contributed by atoms with Crippen molar-refractivity contribution in [1.82, 2.24) is 9.78 Å². The number of rotatable bonds is 7. The summed E-state index contributed by atoms with van der Waals surface area (Å²) in [7, 11) is 0. The molecule has 2 aromatic rings. The number of anilines is 1. The van der Waals surface area contributed by atoms with Crippen LogP contribution in [0.4, 0.5) is 5.69 Å². The number of nitrogens with zero attached hydrogens (tertiary/aromatic N) is 3. The van der Waals surface area contributed by atoms with Crippen molar-refractivity contribution >= 4 is 11.5 Å². The lowest BCUT2D eigenvalue weighted by atomic mass is 10.2. The number of para-hydroxylation sites is 1. The van der Waals surface area contributed by atoms with E-state index in [-0.39, 0.29) is 5.84 Å². The van der Waals surface area contributed by atoms with Crippen molar-refractivity contribution in [2.75, 3.05) is 11.4 Å². The Balaban J connectivity index is 2.13. The molecule has 0 aliphatic heterocycles. The van der Waals surface area contributed by atoms with Crippen LogP contribution in [0.5, 0.6) is 0 Å². The molecule has 1 aromatic heterocycles. The minimum Gasteiger partial charge on any atom is -0.388 e. The quantitative estimate of drug-likeness (QED) is 0.607. The fraction of sp³-hybridized carbons (Fsp3) is 0.375. The van der Waals surface area contributed by atoms with Gasteiger partial charge in [0.25, 0.3) is 0 Å². The van der Waals surface area contributed by atoms with E-state index < -0.39 is 0 Å².